The lowest BCUT2D eigenvalue weighted by Crippen LogP contribution is -2.27. The fourth-order valence-corrected chi connectivity index (χ4v) is 2.34. The van der Waals surface area contributed by atoms with E-state index in [4.69, 9.17) is 27.9 Å². The van der Waals surface area contributed by atoms with E-state index in [1.165, 1.54) is 0 Å². The molecule has 0 saturated carbocycles. The number of benzene rings is 2. The number of rotatable bonds is 6. The number of anilines is 1. The fourth-order valence-electron chi connectivity index (χ4n) is 1.97. The number of likely N-dealkylation sites (N-methyl/N-ethyl adjacent to an activating group) is 1. The van der Waals surface area contributed by atoms with Crippen LogP contribution in [0.3, 0.4) is 0 Å². The lowest BCUT2D eigenvalue weighted by molar-refractivity contribution is 0.324. The molecule has 0 radical (unpaired) electrons. The molecular formula is C16H17Cl2NO. The summed E-state index contributed by atoms with van der Waals surface area (Å²) in [4.78, 5) is 2.22. The molecule has 2 aromatic rings. The Kier molecular flexibility index (Phi) is 5.57. The summed E-state index contributed by atoms with van der Waals surface area (Å²) in [5.74, 6) is 0.791. The van der Waals surface area contributed by atoms with Gasteiger partial charge in [-0.1, -0.05) is 35.3 Å². The van der Waals surface area contributed by atoms with E-state index >= 15 is 0 Å². The number of halogens is 2. The third-order valence-corrected chi connectivity index (χ3v) is 3.45. The van der Waals surface area contributed by atoms with Crippen LogP contribution in [0.25, 0.3) is 0 Å². The zero-order valence-electron chi connectivity index (χ0n) is 11.4. The van der Waals surface area contributed by atoms with Crippen LogP contribution in [-0.4, -0.2) is 19.7 Å². The third-order valence-electron chi connectivity index (χ3n) is 2.98. The Balaban J connectivity index is 1.91. The van der Waals surface area contributed by atoms with E-state index in [1.807, 2.05) is 42.5 Å². The maximum Gasteiger partial charge on any atom is 0.120 e. The smallest absolute Gasteiger partial charge is 0.120 e. The summed E-state index contributed by atoms with van der Waals surface area (Å²) in [6.07, 6.45) is 0. The minimum atomic E-state index is 0.598. The van der Waals surface area contributed by atoms with Crippen molar-refractivity contribution in [2.45, 2.75) is 6.92 Å². The highest BCUT2D eigenvalue weighted by Gasteiger charge is 2.05. The molecule has 0 N–H and O–H groups in total. The van der Waals surface area contributed by atoms with E-state index in [1.54, 1.807) is 0 Å². The molecule has 20 heavy (non-hydrogen) atoms. The molecule has 0 aliphatic rings. The van der Waals surface area contributed by atoms with E-state index in [9.17, 15) is 0 Å². The van der Waals surface area contributed by atoms with Crippen molar-refractivity contribution in [3.05, 3.63) is 58.6 Å². The molecule has 0 aliphatic heterocycles. The minimum absolute atomic E-state index is 0.598. The van der Waals surface area contributed by atoms with Gasteiger partial charge in [0.05, 0.1) is 6.54 Å². The minimum Gasteiger partial charge on any atom is -0.492 e. The van der Waals surface area contributed by atoms with Crippen LogP contribution in [0.15, 0.2) is 48.5 Å². The van der Waals surface area contributed by atoms with Gasteiger partial charge >= 0.3 is 0 Å². The first kappa shape index (κ1) is 15.0. The quantitative estimate of drug-likeness (QED) is 0.752. The van der Waals surface area contributed by atoms with Gasteiger partial charge in [0, 0.05) is 22.3 Å². The Morgan fingerprint density at radius 2 is 1.70 bits per heavy atom. The molecule has 0 saturated heterocycles. The van der Waals surface area contributed by atoms with Crippen LogP contribution in [0.2, 0.25) is 10.0 Å². The highest BCUT2D eigenvalue weighted by Crippen LogP contribution is 2.20. The van der Waals surface area contributed by atoms with Crippen molar-refractivity contribution in [2.24, 2.45) is 0 Å². The molecule has 0 fully saturated rings. The van der Waals surface area contributed by atoms with Crippen molar-refractivity contribution < 1.29 is 4.74 Å². The number of nitrogens with zero attached hydrogens (tertiary/aromatic N) is 1. The highest BCUT2D eigenvalue weighted by molar-refractivity contribution is 6.31. The molecule has 106 valence electrons. The van der Waals surface area contributed by atoms with Crippen molar-refractivity contribution >= 4 is 28.9 Å². The van der Waals surface area contributed by atoms with E-state index in [-0.39, 0.29) is 0 Å². The second kappa shape index (κ2) is 7.41. The van der Waals surface area contributed by atoms with E-state index in [0.717, 1.165) is 29.5 Å². The first-order valence-corrected chi connectivity index (χ1v) is 7.33. The van der Waals surface area contributed by atoms with E-state index < -0.39 is 0 Å². The molecule has 2 rings (SSSR count). The SMILES string of the molecule is CCN(CCOc1cccc(Cl)c1)c1cccc(Cl)c1. The number of ether oxygens (including phenoxy) is 1. The monoisotopic (exact) mass is 309 g/mol. The van der Waals surface area contributed by atoms with Crippen molar-refractivity contribution in [2.75, 3.05) is 24.6 Å². The van der Waals surface area contributed by atoms with Crippen LogP contribution in [0.1, 0.15) is 6.92 Å². The summed E-state index contributed by atoms with van der Waals surface area (Å²) < 4.78 is 5.71. The molecule has 0 bridgehead atoms. The predicted octanol–water partition coefficient (Wildman–Crippen LogP) is 4.90. The first-order chi connectivity index (χ1) is 9.69. The Labute approximate surface area is 129 Å². The summed E-state index contributed by atoms with van der Waals surface area (Å²) in [7, 11) is 0. The molecule has 0 heterocycles. The molecule has 0 atom stereocenters. The molecule has 4 heteroatoms. The lowest BCUT2D eigenvalue weighted by atomic mass is 10.3. The van der Waals surface area contributed by atoms with Crippen LogP contribution in [0.4, 0.5) is 5.69 Å². The van der Waals surface area contributed by atoms with Gasteiger partial charge in [0.15, 0.2) is 0 Å². The average Bonchev–Trinajstić information content (AvgIpc) is 2.44. The van der Waals surface area contributed by atoms with Crippen LogP contribution in [0, 0.1) is 0 Å². The van der Waals surface area contributed by atoms with Crippen molar-refractivity contribution in [3.8, 4) is 5.75 Å². The van der Waals surface area contributed by atoms with Gasteiger partial charge in [-0.3, -0.25) is 0 Å². The summed E-state index contributed by atoms with van der Waals surface area (Å²) >= 11 is 11.9. The van der Waals surface area contributed by atoms with E-state index in [0.29, 0.717) is 11.6 Å². The normalized spacial score (nSPS) is 10.3. The zero-order valence-corrected chi connectivity index (χ0v) is 12.9. The van der Waals surface area contributed by atoms with Gasteiger partial charge in [-0.2, -0.15) is 0 Å². The highest BCUT2D eigenvalue weighted by atomic mass is 35.5. The van der Waals surface area contributed by atoms with Crippen LogP contribution in [-0.2, 0) is 0 Å². The van der Waals surface area contributed by atoms with Crippen LogP contribution >= 0.6 is 23.2 Å². The topological polar surface area (TPSA) is 12.5 Å². The molecule has 0 aromatic heterocycles. The Morgan fingerprint density at radius 3 is 2.35 bits per heavy atom. The molecule has 0 aliphatic carbocycles. The second-order valence-electron chi connectivity index (χ2n) is 4.37. The predicted molar refractivity (Wildman–Crippen MR) is 86.3 cm³/mol. The average molecular weight is 310 g/mol. The Hall–Kier alpha value is -1.38. The molecule has 0 amide bonds. The van der Waals surface area contributed by atoms with Gasteiger partial charge in [-0.05, 0) is 43.3 Å². The summed E-state index contributed by atoms with van der Waals surface area (Å²) in [6.45, 7) is 4.41. The molecule has 0 spiro atoms. The summed E-state index contributed by atoms with van der Waals surface area (Å²) in [6, 6.07) is 15.3. The van der Waals surface area contributed by atoms with Gasteiger partial charge in [-0.25, -0.2) is 0 Å². The number of hydrogen-bond donors (Lipinski definition) is 0. The summed E-state index contributed by atoms with van der Waals surface area (Å²) in [5.41, 5.74) is 1.11. The van der Waals surface area contributed by atoms with Crippen molar-refractivity contribution in [1.82, 2.24) is 0 Å². The summed E-state index contributed by atoms with van der Waals surface area (Å²) in [5, 5.41) is 1.43. The number of hydrogen-bond acceptors (Lipinski definition) is 2. The molecular weight excluding hydrogens is 293 g/mol. The van der Waals surface area contributed by atoms with Crippen molar-refractivity contribution in [3.63, 3.8) is 0 Å². The van der Waals surface area contributed by atoms with Gasteiger partial charge in [0.1, 0.15) is 12.4 Å². The van der Waals surface area contributed by atoms with Crippen LogP contribution < -0.4 is 9.64 Å². The van der Waals surface area contributed by atoms with Gasteiger partial charge in [-0.15, -0.1) is 0 Å². The standard InChI is InChI=1S/C16H17Cl2NO/c1-2-19(15-7-3-5-13(17)11-15)9-10-20-16-8-4-6-14(18)12-16/h3-8,11-12H,2,9-10H2,1H3. The van der Waals surface area contributed by atoms with Crippen LogP contribution in [0.5, 0.6) is 5.75 Å². The Morgan fingerprint density at radius 1 is 1.00 bits per heavy atom. The zero-order chi connectivity index (χ0) is 14.4. The molecule has 2 nitrogen and oxygen atoms in total. The van der Waals surface area contributed by atoms with Gasteiger partial charge in [0.2, 0.25) is 0 Å². The second-order valence-corrected chi connectivity index (χ2v) is 5.24. The largest absolute Gasteiger partial charge is 0.492 e. The van der Waals surface area contributed by atoms with Gasteiger partial charge < -0.3 is 9.64 Å². The van der Waals surface area contributed by atoms with E-state index in [2.05, 4.69) is 17.9 Å². The lowest BCUT2D eigenvalue weighted by Gasteiger charge is -2.23. The third kappa shape index (κ3) is 4.32. The molecule has 0 unspecified atom stereocenters. The fraction of sp³-hybridized carbons (Fsp3) is 0.250. The Bertz CT molecular complexity index is 560. The van der Waals surface area contributed by atoms with Crippen molar-refractivity contribution in [1.29, 1.82) is 0 Å². The van der Waals surface area contributed by atoms with Gasteiger partial charge in [0.25, 0.3) is 0 Å². The maximum absolute atomic E-state index is 6.02. The first-order valence-electron chi connectivity index (χ1n) is 6.58. The molecule has 2 aromatic carbocycles. The maximum atomic E-state index is 6.02.